The van der Waals surface area contributed by atoms with Crippen LogP contribution in [0.15, 0.2) is 12.3 Å². The second-order valence-corrected chi connectivity index (χ2v) is 2.97. The monoisotopic (exact) mass is 174 g/mol. The lowest BCUT2D eigenvalue weighted by atomic mass is 9.98. The van der Waals surface area contributed by atoms with Crippen LogP contribution in [0.25, 0.3) is 0 Å². The number of aliphatic hydroxyl groups excluding tert-OH is 3. The Morgan fingerprint density at radius 2 is 2.17 bits per heavy atom. The highest BCUT2D eigenvalue weighted by atomic mass is 16.5. The molecule has 1 rings (SSSR count). The molecule has 1 heterocycles. The summed E-state index contributed by atoms with van der Waals surface area (Å²) in [6.07, 6.45) is 1.76. The Morgan fingerprint density at radius 3 is 2.83 bits per heavy atom. The molecule has 1 aliphatic heterocycles. The highest BCUT2D eigenvalue weighted by molar-refractivity contribution is 4.88. The molecule has 4 nitrogen and oxygen atoms in total. The second kappa shape index (κ2) is 4.45. The molecule has 3 unspecified atom stereocenters. The molecule has 0 fully saturated rings. The maximum absolute atomic E-state index is 9.41. The van der Waals surface area contributed by atoms with Gasteiger partial charge in [-0.25, -0.2) is 0 Å². The molecule has 1 aliphatic rings. The molecule has 0 spiro atoms. The zero-order valence-corrected chi connectivity index (χ0v) is 6.76. The average molecular weight is 174 g/mol. The predicted molar refractivity (Wildman–Crippen MR) is 42.3 cm³/mol. The third kappa shape index (κ3) is 2.48. The zero-order valence-electron chi connectivity index (χ0n) is 6.76. The summed E-state index contributed by atoms with van der Waals surface area (Å²) in [6, 6.07) is 0. The van der Waals surface area contributed by atoms with Gasteiger partial charge in [-0.2, -0.15) is 0 Å². The summed E-state index contributed by atoms with van der Waals surface area (Å²) < 4.78 is 4.96. The Hall–Kier alpha value is -0.580. The van der Waals surface area contributed by atoms with Crippen molar-refractivity contribution in [1.29, 1.82) is 0 Å². The van der Waals surface area contributed by atoms with Crippen LogP contribution >= 0.6 is 0 Å². The molecule has 0 aliphatic carbocycles. The predicted octanol–water partition coefficient (Wildman–Crippen LogP) is -0.749. The van der Waals surface area contributed by atoms with E-state index in [1.165, 1.54) is 12.3 Å². The molecule has 0 saturated carbocycles. The Morgan fingerprint density at radius 1 is 1.42 bits per heavy atom. The van der Waals surface area contributed by atoms with E-state index in [-0.39, 0.29) is 18.9 Å². The second-order valence-electron chi connectivity index (χ2n) is 2.97. The first kappa shape index (κ1) is 9.51. The Kier molecular flexibility index (Phi) is 3.52. The molecular weight excluding hydrogens is 160 g/mol. The van der Waals surface area contributed by atoms with E-state index < -0.39 is 12.2 Å². The number of hydrogen-bond acceptors (Lipinski definition) is 4. The van der Waals surface area contributed by atoms with Gasteiger partial charge in [-0.15, -0.1) is 0 Å². The van der Waals surface area contributed by atoms with Crippen molar-refractivity contribution in [2.24, 2.45) is 5.92 Å². The highest BCUT2D eigenvalue weighted by Crippen LogP contribution is 2.13. The Bertz CT molecular complexity index is 157. The summed E-state index contributed by atoms with van der Waals surface area (Å²) in [5, 5.41) is 27.4. The van der Waals surface area contributed by atoms with Crippen LogP contribution in [0.2, 0.25) is 0 Å². The zero-order chi connectivity index (χ0) is 8.97. The van der Waals surface area contributed by atoms with E-state index >= 15 is 0 Å². The molecule has 12 heavy (non-hydrogen) atoms. The number of aliphatic hydroxyl groups is 3. The third-order valence-electron chi connectivity index (χ3n) is 1.97. The fourth-order valence-electron chi connectivity index (χ4n) is 1.13. The molecular formula is C8H14O4. The molecule has 0 aromatic heterocycles. The van der Waals surface area contributed by atoms with Crippen molar-refractivity contribution in [3.05, 3.63) is 12.3 Å². The summed E-state index contributed by atoms with van der Waals surface area (Å²) in [7, 11) is 0. The van der Waals surface area contributed by atoms with Crippen LogP contribution in [0.5, 0.6) is 0 Å². The fraction of sp³-hybridized carbons (Fsp3) is 0.750. The van der Waals surface area contributed by atoms with Crippen molar-refractivity contribution in [1.82, 2.24) is 0 Å². The molecule has 0 saturated heterocycles. The standard InChI is InChI=1S/C8H14O4/c9-4-6-5-12-2-1-7(10)3-8(6)11/h1-2,6-11H,3-5H2/b2-1-. The van der Waals surface area contributed by atoms with E-state index in [0.29, 0.717) is 6.61 Å². The van der Waals surface area contributed by atoms with E-state index in [9.17, 15) is 10.2 Å². The molecule has 0 amide bonds. The molecule has 3 atom stereocenters. The van der Waals surface area contributed by atoms with E-state index in [1.54, 1.807) is 0 Å². The van der Waals surface area contributed by atoms with Gasteiger partial charge in [-0.05, 0) is 6.08 Å². The lowest BCUT2D eigenvalue weighted by Crippen LogP contribution is -2.32. The van der Waals surface area contributed by atoms with Gasteiger partial charge < -0.3 is 20.1 Å². The van der Waals surface area contributed by atoms with Crippen molar-refractivity contribution in [3.63, 3.8) is 0 Å². The van der Waals surface area contributed by atoms with Crippen molar-refractivity contribution in [2.75, 3.05) is 13.2 Å². The minimum Gasteiger partial charge on any atom is -0.501 e. The van der Waals surface area contributed by atoms with Crippen LogP contribution in [0.1, 0.15) is 6.42 Å². The van der Waals surface area contributed by atoms with Gasteiger partial charge in [0.05, 0.1) is 31.7 Å². The first-order valence-corrected chi connectivity index (χ1v) is 3.99. The molecule has 0 aromatic carbocycles. The van der Waals surface area contributed by atoms with E-state index in [2.05, 4.69) is 0 Å². The molecule has 0 aromatic rings. The number of rotatable bonds is 1. The first-order chi connectivity index (χ1) is 5.74. The first-order valence-electron chi connectivity index (χ1n) is 3.99. The summed E-state index contributed by atoms with van der Waals surface area (Å²) in [6.45, 7) is 0.169. The normalized spacial score (nSPS) is 39.4. The van der Waals surface area contributed by atoms with Crippen LogP contribution < -0.4 is 0 Å². The SMILES string of the molecule is OCC1CO/C=C\C(O)CC1O. The van der Waals surface area contributed by atoms with Crippen LogP contribution in [-0.2, 0) is 4.74 Å². The quantitative estimate of drug-likeness (QED) is 0.489. The maximum Gasteiger partial charge on any atom is 0.0948 e. The van der Waals surface area contributed by atoms with Gasteiger partial charge in [0.1, 0.15) is 0 Å². The Balaban J connectivity index is 2.53. The van der Waals surface area contributed by atoms with Crippen LogP contribution in [0.4, 0.5) is 0 Å². The summed E-state index contributed by atoms with van der Waals surface area (Å²) in [5.74, 6) is -0.301. The van der Waals surface area contributed by atoms with E-state index in [1.807, 2.05) is 0 Å². The van der Waals surface area contributed by atoms with Gasteiger partial charge in [0.15, 0.2) is 0 Å². The van der Waals surface area contributed by atoms with Gasteiger partial charge >= 0.3 is 0 Å². The molecule has 0 radical (unpaired) electrons. The molecule has 3 N–H and O–H groups in total. The van der Waals surface area contributed by atoms with E-state index in [0.717, 1.165) is 0 Å². The summed E-state index contributed by atoms with van der Waals surface area (Å²) in [5.41, 5.74) is 0. The lowest BCUT2D eigenvalue weighted by molar-refractivity contribution is -0.00284. The van der Waals surface area contributed by atoms with Crippen LogP contribution in [0, 0.1) is 5.92 Å². The van der Waals surface area contributed by atoms with Crippen molar-refractivity contribution in [3.8, 4) is 0 Å². The van der Waals surface area contributed by atoms with Gasteiger partial charge in [0.2, 0.25) is 0 Å². The number of hydrogen-bond donors (Lipinski definition) is 3. The minimum absolute atomic E-state index is 0.123. The summed E-state index contributed by atoms with van der Waals surface area (Å²) in [4.78, 5) is 0. The molecule has 0 bridgehead atoms. The van der Waals surface area contributed by atoms with Crippen LogP contribution in [0.3, 0.4) is 0 Å². The minimum atomic E-state index is -0.699. The topological polar surface area (TPSA) is 69.9 Å². The van der Waals surface area contributed by atoms with Crippen molar-refractivity contribution in [2.45, 2.75) is 18.6 Å². The highest BCUT2D eigenvalue weighted by Gasteiger charge is 2.22. The third-order valence-corrected chi connectivity index (χ3v) is 1.97. The largest absolute Gasteiger partial charge is 0.501 e. The maximum atomic E-state index is 9.41. The van der Waals surface area contributed by atoms with Crippen molar-refractivity contribution < 1.29 is 20.1 Å². The molecule has 4 heteroatoms. The van der Waals surface area contributed by atoms with Gasteiger partial charge in [-0.1, -0.05) is 0 Å². The summed E-state index contributed by atoms with van der Waals surface area (Å²) >= 11 is 0. The lowest BCUT2D eigenvalue weighted by Gasteiger charge is -2.23. The van der Waals surface area contributed by atoms with Gasteiger partial charge in [0.25, 0.3) is 0 Å². The van der Waals surface area contributed by atoms with Gasteiger partial charge in [-0.3, -0.25) is 0 Å². The van der Waals surface area contributed by atoms with Gasteiger partial charge in [0, 0.05) is 12.3 Å². The number of ether oxygens (including phenoxy) is 1. The fourth-order valence-corrected chi connectivity index (χ4v) is 1.13. The van der Waals surface area contributed by atoms with Crippen molar-refractivity contribution >= 4 is 0 Å². The van der Waals surface area contributed by atoms with E-state index in [4.69, 9.17) is 9.84 Å². The smallest absolute Gasteiger partial charge is 0.0948 e. The molecule has 70 valence electrons. The van der Waals surface area contributed by atoms with Crippen LogP contribution in [-0.4, -0.2) is 40.7 Å². The Labute approximate surface area is 71.1 Å². The average Bonchev–Trinajstić information content (AvgIpc) is 2.01.